The molecule has 1 heterocycles. The highest BCUT2D eigenvalue weighted by atomic mass is 127. The molecule has 19 heavy (non-hydrogen) atoms. The highest BCUT2D eigenvalue weighted by Crippen LogP contribution is 2.17. The van der Waals surface area contributed by atoms with Gasteiger partial charge in [0.1, 0.15) is 0 Å². The molecular formula is C13H14IN3OS. The maximum absolute atomic E-state index is 12.1. The molecule has 6 heteroatoms. The molecule has 2 aromatic rings. The van der Waals surface area contributed by atoms with Crippen molar-refractivity contribution in [2.75, 3.05) is 12.4 Å². The van der Waals surface area contributed by atoms with Crippen molar-refractivity contribution in [2.45, 2.75) is 13.5 Å². The zero-order valence-electron chi connectivity index (χ0n) is 10.7. The fourth-order valence-corrected chi connectivity index (χ4v) is 2.69. The largest absolute Gasteiger partial charge is 0.322 e. The number of anilines is 1. The van der Waals surface area contributed by atoms with E-state index in [0.717, 1.165) is 20.0 Å². The number of urea groups is 1. The van der Waals surface area contributed by atoms with Crippen LogP contribution >= 0.6 is 33.9 Å². The van der Waals surface area contributed by atoms with Gasteiger partial charge in [-0.2, -0.15) is 0 Å². The Morgan fingerprint density at radius 2 is 2.21 bits per heavy atom. The molecule has 1 aromatic heterocycles. The number of nitrogens with one attached hydrogen (secondary N) is 1. The van der Waals surface area contributed by atoms with E-state index in [9.17, 15) is 4.79 Å². The van der Waals surface area contributed by atoms with Gasteiger partial charge in [-0.1, -0.05) is 12.1 Å². The van der Waals surface area contributed by atoms with E-state index in [2.05, 4.69) is 32.9 Å². The van der Waals surface area contributed by atoms with Gasteiger partial charge >= 0.3 is 6.03 Å². The molecule has 0 aliphatic carbocycles. The van der Waals surface area contributed by atoms with Gasteiger partial charge in [-0.15, -0.1) is 11.3 Å². The summed E-state index contributed by atoms with van der Waals surface area (Å²) in [6, 6.07) is 7.57. The monoisotopic (exact) mass is 387 g/mol. The van der Waals surface area contributed by atoms with Crippen LogP contribution in [-0.4, -0.2) is 23.0 Å². The van der Waals surface area contributed by atoms with Crippen molar-refractivity contribution in [3.8, 4) is 0 Å². The zero-order valence-corrected chi connectivity index (χ0v) is 13.7. The van der Waals surface area contributed by atoms with Crippen LogP contribution in [-0.2, 0) is 6.54 Å². The molecule has 2 rings (SSSR count). The molecule has 0 atom stereocenters. The van der Waals surface area contributed by atoms with E-state index >= 15 is 0 Å². The number of hydrogen-bond donors (Lipinski definition) is 1. The average Bonchev–Trinajstić information content (AvgIpc) is 2.77. The van der Waals surface area contributed by atoms with E-state index in [1.54, 1.807) is 23.3 Å². The highest BCUT2D eigenvalue weighted by Gasteiger charge is 2.12. The fraction of sp³-hybridized carbons (Fsp3) is 0.231. The van der Waals surface area contributed by atoms with E-state index < -0.39 is 0 Å². The summed E-state index contributed by atoms with van der Waals surface area (Å²) in [5.74, 6) is 0. The first-order chi connectivity index (χ1) is 9.06. The second-order valence-electron chi connectivity index (χ2n) is 4.12. The first-order valence-electron chi connectivity index (χ1n) is 5.74. The Hall–Kier alpha value is -1.15. The summed E-state index contributed by atoms with van der Waals surface area (Å²) in [6.07, 6.45) is 0. The second kappa shape index (κ2) is 6.33. The maximum Gasteiger partial charge on any atom is 0.321 e. The third-order valence-electron chi connectivity index (χ3n) is 2.53. The van der Waals surface area contributed by atoms with Gasteiger partial charge in [0.25, 0.3) is 0 Å². The standard InChI is InChI=1S/C13H14IN3OS/c1-9-15-10(8-19-9)7-17(2)13(18)16-12-6-4-3-5-11(12)14/h3-6,8H,7H2,1-2H3,(H,16,18). The van der Waals surface area contributed by atoms with Crippen LogP contribution in [0.15, 0.2) is 29.6 Å². The third-order valence-corrected chi connectivity index (χ3v) is 4.29. The Balaban J connectivity index is 1.98. The molecular weight excluding hydrogens is 373 g/mol. The maximum atomic E-state index is 12.1. The van der Waals surface area contributed by atoms with Gasteiger partial charge in [0, 0.05) is 16.0 Å². The fourth-order valence-electron chi connectivity index (χ4n) is 1.57. The normalized spacial score (nSPS) is 10.3. The van der Waals surface area contributed by atoms with Crippen LogP contribution < -0.4 is 5.32 Å². The Labute approximate surface area is 130 Å². The molecule has 0 radical (unpaired) electrons. The Morgan fingerprint density at radius 1 is 1.47 bits per heavy atom. The lowest BCUT2D eigenvalue weighted by atomic mass is 10.3. The van der Waals surface area contributed by atoms with Crippen molar-refractivity contribution in [3.05, 3.63) is 43.9 Å². The summed E-state index contributed by atoms with van der Waals surface area (Å²) >= 11 is 3.79. The van der Waals surface area contributed by atoms with Gasteiger partial charge in [0.15, 0.2) is 0 Å². The number of para-hydroxylation sites is 1. The summed E-state index contributed by atoms with van der Waals surface area (Å²) in [5.41, 5.74) is 1.75. The lowest BCUT2D eigenvalue weighted by molar-refractivity contribution is 0.220. The second-order valence-corrected chi connectivity index (χ2v) is 6.35. The van der Waals surface area contributed by atoms with Crippen molar-refractivity contribution in [3.63, 3.8) is 0 Å². The molecule has 0 saturated heterocycles. The first-order valence-corrected chi connectivity index (χ1v) is 7.70. The van der Waals surface area contributed by atoms with E-state index in [-0.39, 0.29) is 6.03 Å². The molecule has 1 aromatic carbocycles. The van der Waals surface area contributed by atoms with E-state index in [1.165, 1.54) is 0 Å². The van der Waals surface area contributed by atoms with E-state index in [0.29, 0.717) is 6.54 Å². The average molecular weight is 387 g/mol. The topological polar surface area (TPSA) is 45.2 Å². The van der Waals surface area contributed by atoms with Crippen LogP contribution in [0.5, 0.6) is 0 Å². The molecule has 0 bridgehead atoms. The van der Waals surface area contributed by atoms with Gasteiger partial charge in [-0.25, -0.2) is 9.78 Å². The quantitative estimate of drug-likeness (QED) is 0.816. The van der Waals surface area contributed by atoms with Crippen molar-refractivity contribution in [1.82, 2.24) is 9.88 Å². The number of aryl methyl sites for hydroxylation is 1. The molecule has 0 spiro atoms. The minimum absolute atomic E-state index is 0.130. The minimum Gasteiger partial charge on any atom is -0.322 e. The summed E-state index contributed by atoms with van der Waals surface area (Å²) in [5, 5.41) is 5.88. The van der Waals surface area contributed by atoms with Crippen LogP contribution in [0.3, 0.4) is 0 Å². The number of thiazole rings is 1. The zero-order chi connectivity index (χ0) is 13.8. The van der Waals surface area contributed by atoms with Crippen LogP contribution in [0.4, 0.5) is 10.5 Å². The van der Waals surface area contributed by atoms with E-state index in [4.69, 9.17) is 0 Å². The predicted octanol–water partition coefficient (Wildman–Crippen LogP) is 3.72. The molecule has 0 aliphatic rings. The van der Waals surface area contributed by atoms with Crippen LogP contribution in [0.25, 0.3) is 0 Å². The van der Waals surface area contributed by atoms with Gasteiger partial charge in [-0.05, 0) is 41.6 Å². The minimum atomic E-state index is -0.130. The first kappa shape index (κ1) is 14.3. The van der Waals surface area contributed by atoms with Crippen LogP contribution in [0, 0.1) is 10.5 Å². The van der Waals surface area contributed by atoms with Crippen molar-refractivity contribution < 1.29 is 4.79 Å². The van der Waals surface area contributed by atoms with E-state index in [1.807, 2.05) is 36.6 Å². The van der Waals surface area contributed by atoms with Crippen molar-refractivity contribution >= 4 is 45.6 Å². The SMILES string of the molecule is Cc1nc(CN(C)C(=O)Nc2ccccc2I)cs1. The van der Waals surface area contributed by atoms with Crippen molar-refractivity contribution in [2.24, 2.45) is 0 Å². The number of benzene rings is 1. The molecule has 4 nitrogen and oxygen atoms in total. The molecule has 0 aliphatic heterocycles. The number of nitrogens with zero attached hydrogens (tertiary/aromatic N) is 2. The summed E-state index contributed by atoms with van der Waals surface area (Å²) in [6.45, 7) is 2.47. The Morgan fingerprint density at radius 3 is 2.84 bits per heavy atom. The molecule has 2 amide bonds. The number of aromatic nitrogens is 1. The van der Waals surface area contributed by atoms with Gasteiger partial charge < -0.3 is 10.2 Å². The number of carbonyl (C=O) groups excluding carboxylic acids is 1. The molecule has 100 valence electrons. The number of amides is 2. The van der Waals surface area contributed by atoms with Crippen LogP contribution in [0.2, 0.25) is 0 Å². The number of halogens is 1. The highest BCUT2D eigenvalue weighted by molar-refractivity contribution is 14.1. The molecule has 1 N–H and O–H groups in total. The molecule has 0 unspecified atom stereocenters. The number of carbonyl (C=O) groups is 1. The Kier molecular flexibility index (Phi) is 4.76. The summed E-state index contributed by atoms with van der Waals surface area (Å²) < 4.78 is 1.02. The smallest absolute Gasteiger partial charge is 0.321 e. The molecule has 0 fully saturated rings. The lowest BCUT2D eigenvalue weighted by Crippen LogP contribution is -2.31. The van der Waals surface area contributed by atoms with Crippen molar-refractivity contribution in [1.29, 1.82) is 0 Å². The summed E-state index contributed by atoms with van der Waals surface area (Å²) in [4.78, 5) is 18.0. The van der Waals surface area contributed by atoms with Crippen LogP contribution in [0.1, 0.15) is 10.7 Å². The predicted molar refractivity (Wildman–Crippen MR) is 86.5 cm³/mol. The van der Waals surface area contributed by atoms with Gasteiger partial charge in [-0.3, -0.25) is 0 Å². The third kappa shape index (κ3) is 3.90. The number of rotatable bonds is 3. The lowest BCUT2D eigenvalue weighted by Gasteiger charge is -2.17. The molecule has 0 saturated carbocycles. The Bertz CT molecular complexity index is 585. The van der Waals surface area contributed by atoms with Gasteiger partial charge in [0.2, 0.25) is 0 Å². The number of hydrogen-bond acceptors (Lipinski definition) is 3. The summed E-state index contributed by atoms with van der Waals surface area (Å²) in [7, 11) is 1.76. The van der Waals surface area contributed by atoms with Gasteiger partial charge in [0.05, 0.1) is 22.9 Å².